The number of carbonyl (C=O) groups excluding carboxylic acids is 2. The summed E-state index contributed by atoms with van der Waals surface area (Å²) in [5.41, 5.74) is 1.96. The van der Waals surface area contributed by atoms with Crippen LogP contribution in [0.5, 0.6) is 11.5 Å². The molecule has 164 valence electrons. The number of aromatic nitrogens is 1. The maximum Gasteiger partial charge on any atom is 0.254 e. The highest BCUT2D eigenvalue weighted by Gasteiger charge is 2.45. The molecule has 0 bridgehead atoms. The fourth-order valence-electron chi connectivity index (χ4n) is 4.51. The average Bonchev–Trinajstić information content (AvgIpc) is 2.81. The minimum absolute atomic E-state index is 0.00905. The molecule has 8 nitrogen and oxygen atoms in total. The number of methoxy groups -OCH3 is 2. The van der Waals surface area contributed by atoms with E-state index in [1.54, 1.807) is 43.6 Å². The fourth-order valence-corrected chi connectivity index (χ4v) is 4.51. The topological polar surface area (TPSA) is 75.2 Å². The van der Waals surface area contributed by atoms with Crippen molar-refractivity contribution in [2.75, 3.05) is 54.5 Å². The van der Waals surface area contributed by atoms with Gasteiger partial charge in [0.2, 0.25) is 5.91 Å². The monoisotopic (exact) mass is 424 g/mol. The van der Waals surface area contributed by atoms with Gasteiger partial charge in [-0.25, -0.2) is 0 Å². The second-order valence-electron chi connectivity index (χ2n) is 8.05. The van der Waals surface area contributed by atoms with Crippen molar-refractivity contribution in [3.8, 4) is 11.5 Å². The van der Waals surface area contributed by atoms with Gasteiger partial charge in [0.25, 0.3) is 5.91 Å². The molecule has 4 rings (SSSR count). The van der Waals surface area contributed by atoms with E-state index in [2.05, 4.69) is 16.9 Å². The molecule has 31 heavy (non-hydrogen) atoms. The van der Waals surface area contributed by atoms with E-state index >= 15 is 0 Å². The van der Waals surface area contributed by atoms with Gasteiger partial charge in [-0.3, -0.25) is 14.6 Å². The molecule has 2 amide bonds. The van der Waals surface area contributed by atoms with E-state index in [0.29, 0.717) is 35.7 Å². The van der Waals surface area contributed by atoms with Crippen molar-refractivity contribution < 1.29 is 19.1 Å². The molecule has 0 spiro atoms. The Morgan fingerprint density at radius 2 is 1.74 bits per heavy atom. The van der Waals surface area contributed by atoms with Gasteiger partial charge < -0.3 is 24.2 Å². The van der Waals surface area contributed by atoms with Crippen LogP contribution in [0.15, 0.2) is 36.7 Å². The standard InChI is InChI=1S/C23H28N4O4/c1-25-8-10-27(11-9-25)23(29)20-16-12-18(30-3)19(31-4)13-17(16)22(28)26(2)21(20)15-6-5-7-24-14-15/h5-7,12-14,20-21H,8-11H2,1-4H3/t20-,21-/m0/s1. The third kappa shape index (κ3) is 3.72. The average molecular weight is 425 g/mol. The molecule has 1 aromatic heterocycles. The van der Waals surface area contributed by atoms with Crippen molar-refractivity contribution in [1.82, 2.24) is 19.7 Å². The number of rotatable bonds is 4. The molecule has 3 heterocycles. The SMILES string of the molecule is COc1cc2c(cc1OC)[C@H](C(=O)N1CCN(C)CC1)[C@H](c1cccnc1)N(C)C2=O. The molecule has 2 aliphatic heterocycles. The lowest BCUT2D eigenvalue weighted by Crippen LogP contribution is -2.52. The van der Waals surface area contributed by atoms with Gasteiger partial charge in [0, 0.05) is 51.2 Å². The summed E-state index contributed by atoms with van der Waals surface area (Å²) in [5.74, 6) is 0.250. The highest BCUT2D eigenvalue weighted by atomic mass is 16.5. The van der Waals surface area contributed by atoms with Crippen LogP contribution in [0.1, 0.15) is 33.4 Å². The fraction of sp³-hybridized carbons (Fsp3) is 0.435. The van der Waals surface area contributed by atoms with E-state index in [1.165, 1.54) is 7.11 Å². The van der Waals surface area contributed by atoms with Crippen molar-refractivity contribution >= 4 is 11.8 Å². The summed E-state index contributed by atoms with van der Waals surface area (Å²) in [6, 6.07) is 6.74. The number of fused-ring (bicyclic) bond motifs is 1. The molecular weight excluding hydrogens is 396 g/mol. The summed E-state index contributed by atoms with van der Waals surface area (Å²) in [6.45, 7) is 2.96. The molecule has 2 aromatic rings. The Kier molecular flexibility index (Phi) is 5.82. The molecule has 0 unspecified atom stereocenters. The lowest BCUT2D eigenvalue weighted by Gasteiger charge is -2.43. The molecule has 2 atom stereocenters. The lowest BCUT2D eigenvalue weighted by atomic mass is 9.79. The summed E-state index contributed by atoms with van der Waals surface area (Å²) in [6.07, 6.45) is 3.41. The maximum absolute atomic E-state index is 13.9. The highest BCUT2D eigenvalue weighted by Crippen LogP contribution is 2.46. The number of nitrogens with zero attached hydrogens (tertiary/aromatic N) is 4. The zero-order chi connectivity index (χ0) is 22.1. The van der Waals surface area contributed by atoms with Gasteiger partial charge in [0.15, 0.2) is 11.5 Å². The van der Waals surface area contributed by atoms with E-state index in [9.17, 15) is 9.59 Å². The summed E-state index contributed by atoms with van der Waals surface area (Å²) >= 11 is 0. The number of amides is 2. The molecular formula is C23H28N4O4. The first-order valence-corrected chi connectivity index (χ1v) is 10.4. The normalized spacial score (nSPS) is 21.6. The number of carbonyl (C=O) groups is 2. The number of pyridine rings is 1. The quantitative estimate of drug-likeness (QED) is 0.745. The molecule has 1 aromatic carbocycles. The van der Waals surface area contributed by atoms with Crippen LogP contribution in [0.2, 0.25) is 0 Å². The number of ether oxygens (including phenoxy) is 2. The Morgan fingerprint density at radius 1 is 1.06 bits per heavy atom. The Morgan fingerprint density at radius 3 is 2.35 bits per heavy atom. The van der Waals surface area contributed by atoms with Crippen LogP contribution in [0.25, 0.3) is 0 Å². The van der Waals surface area contributed by atoms with Crippen LogP contribution in [0, 0.1) is 0 Å². The predicted octanol–water partition coefficient (Wildman–Crippen LogP) is 1.78. The van der Waals surface area contributed by atoms with E-state index in [0.717, 1.165) is 18.7 Å². The van der Waals surface area contributed by atoms with Gasteiger partial charge in [-0.1, -0.05) is 6.07 Å². The maximum atomic E-state index is 13.9. The van der Waals surface area contributed by atoms with E-state index in [1.807, 2.05) is 17.0 Å². The Hall–Kier alpha value is -3.13. The first-order valence-electron chi connectivity index (χ1n) is 10.4. The van der Waals surface area contributed by atoms with Crippen LogP contribution in [-0.4, -0.2) is 86.0 Å². The smallest absolute Gasteiger partial charge is 0.254 e. The molecule has 0 N–H and O–H groups in total. The predicted molar refractivity (Wildman–Crippen MR) is 115 cm³/mol. The Bertz CT molecular complexity index is 973. The van der Waals surface area contributed by atoms with Gasteiger partial charge in [-0.2, -0.15) is 0 Å². The molecule has 8 heteroatoms. The van der Waals surface area contributed by atoms with Crippen molar-refractivity contribution in [3.05, 3.63) is 53.3 Å². The van der Waals surface area contributed by atoms with Crippen LogP contribution in [0.4, 0.5) is 0 Å². The van der Waals surface area contributed by atoms with Crippen LogP contribution < -0.4 is 9.47 Å². The third-order valence-electron chi connectivity index (χ3n) is 6.28. The van der Waals surface area contributed by atoms with E-state index < -0.39 is 12.0 Å². The molecule has 0 saturated carbocycles. The number of piperazine rings is 1. The van der Waals surface area contributed by atoms with Crippen molar-refractivity contribution in [3.63, 3.8) is 0 Å². The van der Waals surface area contributed by atoms with Crippen molar-refractivity contribution in [2.24, 2.45) is 0 Å². The summed E-state index contributed by atoms with van der Waals surface area (Å²) in [4.78, 5) is 37.2. The van der Waals surface area contributed by atoms with E-state index in [4.69, 9.17) is 9.47 Å². The second kappa shape index (κ2) is 8.55. The minimum atomic E-state index is -0.565. The third-order valence-corrected chi connectivity index (χ3v) is 6.28. The number of hydrogen-bond acceptors (Lipinski definition) is 6. The van der Waals surface area contributed by atoms with Gasteiger partial charge in [-0.15, -0.1) is 0 Å². The number of benzene rings is 1. The van der Waals surface area contributed by atoms with Gasteiger partial charge in [-0.05, 0) is 36.4 Å². The summed E-state index contributed by atoms with van der Waals surface area (Å²) in [5, 5.41) is 0. The highest BCUT2D eigenvalue weighted by molar-refractivity contribution is 6.02. The number of hydrogen-bond donors (Lipinski definition) is 0. The van der Waals surface area contributed by atoms with Gasteiger partial charge in [0.05, 0.1) is 26.2 Å². The molecule has 0 radical (unpaired) electrons. The zero-order valence-electron chi connectivity index (χ0n) is 18.4. The number of likely N-dealkylation sites (N-methyl/N-ethyl adjacent to an activating group) is 2. The minimum Gasteiger partial charge on any atom is -0.493 e. The largest absolute Gasteiger partial charge is 0.493 e. The van der Waals surface area contributed by atoms with Crippen LogP contribution in [0.3, 0.4) is 0 Å². The van der Waals surface area contributed by atoms with Gasteiger partial charge in [0.1, 0.15) is 0 Å². The second-order valence-corrected chi connectivity index (χ2v) is 8.05. The summed E-state index contributed by atoms with van der Waals surface area (Å²) in [7, 11) is 6.88. The zero-order valence-corrected chi connectivity index (χ0v) is 18.4. The van der Waals surface area contributed by atoms with Crippen molar-refractivity contribution in [1.29, 1.82) is 0 Å². The Labute approximate surface area is 182 Å². The molecule has 1 fully saturated rings. The van der Waals surface area contributed by atoms with Crippen LogP contribution >= 0.6 is 0 Å². The molecule has 1 saturated heterocycles. The molecule has 0 aliphatic carbocycles. The van der Waals surface area contributed by atoms with E-state index in [-0.39, 0.29) is 11.8 Å². The summed E-state index contributed by atoms with van der Waals surface area (Å²) < 4.78 is 10.9. The first kappa shape index (κ1) is 21.1. The Balaban J connectivity index is 1.87. The van der Waals surface area contributed by atoms with Gasteiger partial charge >= 0.3 is 0 Å². The first-order chi connectivity index (χ1) is 15.0. The van der Waals surface area contributed by atoms with Crippen LogP contribution in [-0.2, 0) is 4.79 Å². The lowest BCUT2D eigenvalue weighted by molar-refractivity contribution is -0.136. The molecule has 2 aliphatic rings. The van der Waals surface area contributed by atoms with Crippen molar-refractivity contribution in [2.45, 2.75) is 12.0 Å².